The van der Waals surface area contributed by atoms with E-state index < -0.39 is 5.92 Å². The van der Waals surface area contributed by atoms with Gasteiger partial charge in [0.25, 0.3) is 0 Å². The van der Waals surface area contributed by atoms with Gasteiger partial charge in [-0.1, -0.05) is 18.5 Å². The highest BCUT2D eigenvalue weighted by Crippen LogP contribution is 2.30. The first-order valence-electron chi connectivity index (χ1n) is 5.28. The Balaban J connectivity index is 2.37. The maximum Gasteiger partial charge on any atom is 0.241 e. The number of nitrogens with one attached hydrogen (secondary N) is 1. The highest BCUT2D eigenvalue weighted by Gasteiger charge is 2.19. The van der Waals surface area contributed by atoms with Gasteiger partial charge in [0.2, 0.25) is 5.91 Å². The number of nitrogens with zero attached hydrogens (tertiary/aromatic N) is 3. The second kappa shape index (κ2) is 5.29. The Kier molecular flexibility index (Phi) is 3.75. The van der Waals surface area contributed by atoms with Gasteiger partial charge >= 0.3 is 0 Å². The molecule has 1 atom stereocenters. The molecule has 0 bridgehead atoms. The van der Waals surface area contributed by atoms with Crippen molar-refractivity contribution in [2.24, 2.45) is 5.92 Å². The van der Waals surface area contributed by atoms with E-state index in [1.165, 1.54) is 0 Å². The lowest BCUT2D eigenvalue weighted by Crippen LogP contribution is -2.21. The summed E-state index contributed by atoms with van der Waals surface area (Å²) in [6, 6.07) is 5.33. The molecule has 1 amide bonds. The SMILES string of the molecule is CCC(C#N)C(=O)Nc1c(Cl)ccc2nsnc12. The van der Waals surface area contributed by atoms with Crippen LogP contribution in [-0.4, -0.2) is 14.7 Å². The van der Waals surface area contributed by atoms with E-state index in [0.29, 0.717) is 28.2 Å². The van der Waals surface area contributed by atoms with Crippen LogP contribution in [-0.2, 0) is 4.79 Å². The molecule has 0 aliphatic carbocycles. The van der Waals surface area contributed by atoms with Crippen LogP contribution in [0.1, 0.15) is 13.3 Å². The van der Waals surface area contributed by atoms with Crippen LogP contribution in [0.2, 0.25) is 5.02 Å². The average molecular weight is 281 g/mol. The van der Waals surface area contributed by atoms with Gasteiger partial charge in [0.1, 0.15) is 17.0 Å². The topological polar surface area (TPSA) is 78.7 Å². The number of fused-ring (bicyclic) bond motifs is 1. The van der Waals surface area contributed by atoms with Crippen molar-refractivity contribution in [2.75, 3.05) is 5.32 Å². The molecule has 2 rings (SSSR count). The lowest BCUT2D eigenvalue weighted by molar-refractivity contribution is -0.118. The van der Waals surface area contributed by atoms with Crippen LogP contribution < -0.4 is 5.32 Å². The van der Waals surface area contributed by atoms with Gasteiger partial charge in [-0.05, 0) is 18.6 Å². The minimum Gasteiger partial charge on any atom is -0.322 e. The molecule has 0 saturated carbocycles. The molecular formula is C11H9ClN4OS. The molecule has 1 unspecified atom stereocenters. The molecule has 92 valence electrons. The number of hydrogen-bond acceptors (Lipinski definition) is 5. The van der Waals surface area contributed by atoms with Gasteiger partial charge in [-0.3, -0.25) is 4.79 Å². The van der Waals surface area contributed by atoms with Crippen molar-refractivity contribution in [1.82, 2.24) is 8.75 Å². The molecule has 0 radical (unpaired) electrons. The van der Waals surface area contributed by atoms with Crippen molar-refractivity contribution in [3.05, 3.63) is 17.2 Å². The van der Waals surface area contributed by atoms with Crippen LogP contribution in [0.5, 0.6) is 0 Å². The first kappa shape index (κ1) is 12.7. The molecule has 2 aromatic rings. The number of halogens is 1. The van der Waals surface area contributed by atoms with E-state index in [0.717, 1.165) is 11.7 Å². The summed E-state index contributed by atoms with van der Waals surface area (Å²) in [4.78, 5) is 11.9. The van der Waals surface area contributed by atoms with Crippen molar-refractivity contribution in [3.63, 3.8) is 0 Å². The molecule has 1 aromatic carbocycles. The molecule has 0 aliphatic rings. The molecule has 7 heteroatoms. The summed E-state index contributed by atoms with van der Waals surface area (Å²) in [7, 11) is 0. The predicted molar refractivity (Wildman–Crippen MR) is 70.4 cm³/mol. The molecule has 18 heavy (non-hydrogen) atoms. The zero-order chi connectivity index (χ0) is 13.1. The van der Waals surface area contributed by atoms with Gasteiger partial charge < -0.3 is 5.32 Å². The van der Waals surface area contributed by atoms with Gasteiger partial charge in [0.05, 0.1) is 28.5 Å². The van der Waals surface area contributed by atoms with E-state index in [1.54, 1.807) is 19.1 Å². The Hall–Kier alpha value is -1.71. The first-order valence-corrected chi connectivity index (χ1v) is 6.39. The second-order valence-electron chi connectivity index (χ2n) is 3.63. The number of aromatic nitrogens is 2. The standard InChI is InChI=1S/C11H9ClN4OS/c1-2-6(5-13)11(17)14-9-7(12)3-4-8-10(9)16-18-15-8/h3-4,6H,2H2,1H3,(H,14,17). The fraction of sp³-hybridized carbons (Fsp3) is 0.273. The number of benzene rings is 1. The Morgan fingerprint density at radius 3 is 3.06 bits per heavy atom. The van der Waals surface area contributed by atoms with E-state index in [2.05, 4.69) is 14.1 Å². The molecule has 0 aliphatic heterocycles. The number of carbonyl (C=O) groups excluding carboxylic acids is 1. The molecule has 5 nitrogen and oxygen atoms in total. The highest BCUT2D eigenvalue weighted by molar-refractivity contribution is 7.00. The number of anilines is 1. The van der Waals surface area contributed by atoms with Gasteiger partial charge in [0, 0.05) is 0 Å². The third-order valence-corrected chi connectivity index (χ3v) is 3.36. The quantitative estimate of drug-likeness (QED) is 0.937. The fourth-order valence-corrected chi connectivity index (χ4v) is 2.23. The van der Waals surface area contributed by atoms with Crippen molar-refractivity contribution < 1.29 is 4.79 Å². The Labute approximate surface area is 113 Å². The largest absolute Gasteiger partial charge is 0.322 e. The monoisotopic (exact) mass is 280 g/mol. The maximum absolute atomic E-state index is 11.9. The minimum absolute atomic E-state index is 0.373. The molecule has 0 saturated heterocycles. The summed E-state index contributed by atoms with van der Waals surface area (Å²) < 4.78 is 8.16. The molecule has 1 heterocycles. The molecular weight excluding hydrogens is 272 g/mol. The van der Waals surface area contributed by atoms with Crippen LogP contribution in [0.4, 0.5) is 5.69 Å². The number of hydrogen-bond donors (Lipinski definition) is 1. The van der Waals surface area contributed by atoms with Gasteiger partial charge in [-0.15, -0.1) is 0 Å². The average Bonchev–Trinajstić information content (AvgIpc) is 2.83. The van der Waals surface area contributed by atoms with Crippen molar-refractivity contribution in [1.29, 1.82) is 5.26 Å². The maximum atomic E-state index is 11.9. The van der Waals surface area contributed by atoms with Crippen LogP contribution in [0.15, 0.2) is 12.1 Å². The van der Waals surface area contributed by atoms with E-state index in [9.17, 15) is 4.79 Å². The van der Waals surface area contributed by atoms with E-state index >= 15 is 0 Å². The lowest BCUT2D eigenvalue weighted by atomic mass is 10.1. The van der Waals surface area contributed by atoms with Crippen molar-refractivity contribution >= 4 is 46.0 Å². The third-order valence-electron chi connectivity index (χ3n) is 2.51. The zero-order valence-electron chi connectivity index (χ0n) is 9.48. The van der Waals surface area contributed by atoms with Crippen LogP contribution in [0.3, 0.4) is 0 Å². The van der Waals surface area contributed by atoms with Gasteiger partial charge in [0.15, 0.2) is 0 Å². The predicted octanol–water partition coefficient (Wildman–Crippen LogP) is 2.83. The third kappa shape index (κ3) is 2.28. The van der Waals surface area contributed by atoms with Gasteiger partial charge in [-0.25, -0.2) is 0 Å². The molecule has 1 N–H and O–H groups in total. The lowest BCUT2D eigenvalue weighted by Gasteiger charge is -2.09. The van der Waals surface area contributed by atoms with Crippen molar-refractivity contribution in [3.8, 4) is 6.07 Å². The van der Waals surface area contributed by atoms with E-state index in [4.69, 9.17) is 16.9 Å². The summed E-state index contributed by atoms with van der Waals surface area (Å²) in [5.74, 6) is -1.06. The minimum atomic E-state index is -0.692. The summed E-state index contributed by atoms with van der Waals surface area (Å²) in [6.07, 6.45) is 0.450. The number of nitriles is 1. The number of amides is 1. The van der Waals surface area contributed by atoms with E-state index in [-0.39, 0.29) is 5.91 Å². The van der Waals surface area contributed by atoms with Crippen LogP contribution >= 0.6 is 23.3 Å². The second-order valence-corrected chi connectivity index (χ2v) is 4.57. The smallest absolute Gasteiger partial charge is 0.241 e. The summed E-state index contributed by atoms with van der Waals surface area (Å²) in [6.45, 7) is 1.78. The zero-order valence-corrected chi connectivity index (χ0v) is 11.0. The Morgan fingerprint density at radius 1 is 1.61 bits per heavy atom. The first-order chi connectivity index (χ1) is 8.67. The number of rotatable bonds is 3. The van der Waals surface area contributed by atoms with E-state index in [1.807, 2.05) is 6.07 Å². The number of carbonyl (C=O) groups is 1. The van der Waals surface area contributed by atoms with Crippen LogP contribution in [0.25, 0.3) is 11.0 Å². The van der Waals surface area contributed by atoms with Crippen LogP contribution in [0, 0.1) is 17.2 Å². The van der Waals surface area contributed by atoms with Gasteiger partial charge in [-0.2, -0.15) is 14.0 Å². The summed E-state index contributed by atoms with van der Waals surface area (Å²) in [5, 5.41) is 11.9. The van der Waals surface area contributed by atoms with Crippen molar-refractivity contribution in [2.45, 2.75) is 13.3 Å². The Morgan fingerprint density at radius 2 is 2.39 bits per heavy atom. The fourth-order valence-electron chi connectivity index (χ4n) is 1.49. The molecule has 0 fully saturated rings. The Bertz CT molecular complexity index is 633. The highest BCUT2D eigenvalue weighted by atomic mass is 35.5. The normalized spacial score (nSPS) is 12.1. The summed E-state index contributed by atoms with van der Waals surface area (Å²) in [5.41, 5.74) is 1.64. The summed E-state index contributed by atoms with van der Waals surface area (Å²) >= 11 is 7.08. The molecule has 0 spiro atoms. The molecule has 1 aromatic heterocycles.